The summed E-state index contributed by atoms with van der Waals surface area (Å²) in [5.41, 5.74) is 8.84. The molecule has 2 fully saturated rings. The summed E-state index contributed by atoms with van der Waals surface area (Å²) in [6.07, 6.45) is 1.92. The summed E-state index contributed by atoms with van der Waals surface area (Å²) in [6, 6.07) is 6.10. The fraction of sp³-hybridized carbons (Fsp3) is 0.500. The summed E-state index contributed by atoms with van der Waals surface area (Å²) in [5.74, 6) is 0.355. The molecule has 0 aliphatic carbocycles. The van der Waals surface area contributed by atoms with Crippen molar-refractivity contribution in [1.29, 1.82) is 0 Å². The lowest BCUT2D eigenvalue weighted by atomic mass is 9.73. The Kier molecular flexibility index (Phi) is 4.52. The maximum atomic E-state index is 13.3. The van der Waals surface area contributed by atoms with Crippen LogP contribution in [0.4, 0.5) is 10.3 Å². The van der Waals surface area contributed by atoms with Gasteiger partial charge in [0.2, 0.25) is 5.95 Å². The molecule has 158 valence electrons. The Bertz CT molecular complexity index is 1070. The van der Waals surface area contributed by atoms with E-state index in [1.54, 1.807) is 23.7 Å². The monoisotopic (exact) mass is 411 g/mol. The molecule has 0 bridgehead atoms. The summed E-state index contributed by atoms with van der Waals surface area (Å²) in [7, 11) is 1.75. The van der Waals surface area contributed by atoms with Gasteiger partial charge in [0.15, 0.2) is 0 Å². The molecule has 0 unspecified atom stereocenters. The number of aliphatic imine (C=N–C) groups is 1. The number of nitrogens with two attached hydrogens (primary N) is 1. The molecule has 0 amide bonds. The molecule has 8 heteroatoms. The minimum absolute atomic E-state index is 0.0182. The van der Waals surface area contributed by atoms with Gasteiger partial charge in [-0.1, -0.05) is 0 Å². The van der Waals surface area contributed by atoms with Crippen molar-refractivity contribution in [1.82, 2.24) is 9.55 Å². The molecular formula is C22H26FN5O2. The van der Waals surface area contributed by atoms with Crippen LogP contribution >= 0.6 is 0 Å². The fourth-order valence-electron chi connectivity index (χ4n) is 4.97. The van der Waals surface area contributed by atoms with Crippen molar-refractivity contribution < 1.29 is 9.13 Å². The number of benzene rings is 1. The van der Waals surface area contributed by atoms with E-state index in [9.17, 15) is 9.18 Å². The van der Waals surface area contributed by atoms with Gasteiger partial charge < -0.3 is 15.4 Å². The SMILES string of the molecule is C[C@@H]1OCC2(CCN(c3nc4c(c(=O)n3C)C(c3ccc(F)cc3)=NC4)CC2)[C@@H]1N. The quantitative estimate of drug-likeness (QED) is 0.811. The van der Waals surface area contributed by atoms with Crippen LogP contribution in [0.3, 0.4) is 0 Å². The Balaban J connectivity index is 1.43. The largest absolute Gasteiger partial charge is 0.376 e. The number of hydrogen-bond acceptors (Lipinski definition) is 6. The van der Waals surface area contributed by atoms with Crippen LogP contribution in [0.2, 0.25) is 0 Å². The molecule has 2 saturated heterocycles. The molecule has 3 aliphatic heterocycles. The van der Waals surface area contributed by atoms with Crippen molar-refractivity contribution in [3.8, 4) is 0 Å². The summed E-state index contributed by atoms with van der Waals surface area (Å²) in [4.78, 5) is 24.7. The number of rotatable bonds is 2. The lowest BCUT2D eigenvalue weighted by Crippen LogP contribution is -2.51. The van der Waals surface area contributed by atoms with E-state index in [1.165, 1.54) is 12.1 Å². The fourth-order valence-corrected chi connectivity index (χ4v) is 4.97. The van der Waals surface area contributed by atoms with Crippen LogP contribution < -0.4 is 16.2 Å². The van der Waals surface area contributed by atoms with Gasteiger partial charge in [-0.05, 0) is 44.0 Å². The standard InChI is InChI=1S/C22H26FN5O2/c1-13-19(24)22(12-30-13)7-9-28(10-8-22)21-26-16-11-25-18(17(16)20(29)27(21)2)14-3-5-15(23)6-4-14/h3-6,13,19H,7-12,24H2,1-2H3/t13-,19+/m0/s1. The van der Waals surface area contributed by atoms with E-state index in [1.807, 2.05) is 6.92 Å². The Morgan fingerprint density at radius 1 is 1.23 bits per heavy atom. The van der Waals surface area contributed by atoms with Crippen molar-refractivity contribution in [3.63, 3.8) is 0 Å². The van der Waals surface area contributed by atoms with Crippen molar-refractivity contribution in [2.24, 2.45) is 23.2 Å². The Labute approximate surface area is 174 Å². The van der Waals surface area contributed by atoms with Crippen molar-refractivity contribution >= 4 is 11.7 Å². The summed E-state index contributed by atoms with van der Waals surface area (Å²) < 4.78 is 20.7. The highest BCUT2D eigenvalue weighted by atomic mass is 19.1. The van der Waals surface area contributed by atoms with Gasteiger partial charge in [0.05, 0.1) is 36.2 Å². The van der Waals surface area contributed by atoms with E-state index >= 15 is 0 Å². The van der Waals surface area contributed by atoms with Crippen molar-refractivity contribution in [2.75, 3.05) is 24.6 Å². The lowest BCUT2D eigenvalue weighted by Gasteiger charge is -2.41. The maximum absolute atomic E-state index is 13.3. The van der Waals surface area contributed by atoms with Crippen LogP contribution in [-0.4, -0.2) is 47.1 Å². The van der Waals surface area contributed by atoms with Crippen LogP contribution in [0.15, 0.2) is 34.1 Å². The second-order valence-corrected chi connectivity index (χ2v) is 8.66. The first-order valence-corrected chi connectivity index (χ1v) is 10.4. The van der Waals surface area contributed by atoms with Crippen LogP contribution in [0, 0.1) is 11.2 Å². The van der Waals surface area contributed by atoms with E-state index in [0.29, 0.717) is 36.1 Å². The van der Waals surface area contributed by atoms with Gasteiger partial charge in [-0.3, -0.25) is 14.4 Å². The van der Waals surface area contributed by atoms with Crippen LogP contribution in [0.1, 0.15) is 36.6 Å². The Morgan fingerprint density at radius 2 is 1.93 bits per heavy atom. The molecule has 7 nitrogen and oxygen atoms in total. The topological polar surface area (TPSA) is 85.7 Å². The summed E-state index contributed by atoms with van der Waals surface area (Å²) >= 11 is 0. The molecule has 2 aromatic rings. The van der Waals surface area contributed by atoms with Gasteiger partial charge >= 0.3 is 0 Å². The van der Waals surface area contributed by atoms with Crippen LogP contribution in [0.25, 0.3) is 0 Å². The Hall–Kier alpha value is -2.58. The third-order valence-electron chi connectivity index (χ3n) is 6.97. The molecule has 1 aromatic carbocycles. The van der Waals surface area contributed by atoms with Crippen molar-refractivity contribution in [2.45, 2.75) is 38.5 Å². The molecule has 2 atom stereocenters. The van der Waals surface area contributed by atoms with Crippen LogP contribution in [0.5, 0.6) is 0 Å². The van der Waals surface area contributed by atoms with Crippen LogP contribution in [-0.2, 0) is 18.3 Å². The Morgan fingerprint density at radius 3 is 2.57 bits per heavy atom. The number of ether oxygens (including phenoxy) is 1. The number of piperidine rings is 1. The van der Waals surface area contributed by atoms with E-state index in [-0.39, 0.29) is 28.9 Å². The zero-order valence-electron chi connectivity index (χ0n) is 17.3. The minimum Gasteiger partial charge on any atom is -0.376 e. The first kappa shape index (κ1) is 19.4. The first-order valence-electron chi connectivity index (χ1n) is 10.4. The average molecular weight is 411 g/mol. The molecule has 4 heterocycles. The zero-order valence-corrected chi connectivity index (χ0v) is 17.3. The van der Waals surface area contributed by atoms with E-state index in [2.05, 4.69) is 9.89 Å². The molecule has 1 aromatic heterocycles. The number of anilines is 1. The van der Waals surface area contributed by atoms with E-state index in [0.717, 1.165) is 31.5 Å². The third kappa shape index (κ3) is 2.89. The highest BCUT2D eigenvalue weighted by Gasteiger charge is 2.47. The number of fused-ring (bicyclic) bond motifs is 1. The second kappa shape index (κ2) is 6.99. The normalized spacial score (nSPS) is 24.9. The van der Waals surface area contributed by atoms with E-state index < -0.39 is 0 Å². The highest BCUT2D eigenvalue weighted by Crippen LogP contribution is 2.41. The molecule has 3 aliphatic rings. The molecule has 0 radical (unpaired) electrons. The predicted molar refractivity (Wildman–Crippen MR) is 112 cm³/mol. The number of nitrogens with zero attached hydrogens (tertiary/aromatic N) is 4. The van der Waals surface area contributed by atoms with Gasteiger partial charge in [-0.15, -0.1) is 0 Å². The lowest BCUT2D eigenvalue weighted by molar-refractivity contribution is 0.0973. The number of aromatic nitrogens is 2. The molecule has 1 spiro atoms. The third-order valence-corrected chi connectivity index (χ3v) is 6.97. The van der Waals surface area contributed by atoms with Gasteiger partial charge in [-0.2, -0.15) is 0 Å². The predicted octanol–water partition coefficient (Wildman–Crippen LogP) is 1.60. The molecule has 2 N–H and O–H groups in total. The minimum atomic E-state index is -0.316. The summed E-state index contributed by atoms with van der Waals surface area (Å²) in [5, 5.41) is 0. The van der Waals surface area contributed by atoms with Crippen molar-refractivity contribution in [3.05, 3.63) is 57.3 Å². The highest BCUT2D eigenvalue weighted by molar-refractivity contribution is 6.14. The van der Waals surface area contributed by atoms with Gasteiger partial charge in [0.25, 0.3) is 5.56 Å². The number of hydrogen-bond donors (Lipinski definition) is 1. The average Bonchev–Trinajstić information content (AvgIpc) is 3.29. The maximum Gasteiger partial charge on any atom is 0.264 e. The smallest absolute Gasteiger partial charge is 0.264 e. The van der Waals surface area contributed by atoms with Gasteiger partial charge in [0.1, 0.15) is 5.82 Å². The summed E-state index contributed by atoms with van der Waals surface area (Å²) in [6.45, 7) is 4.67. The van der Waals surface area contributed by atoms with E-state index in [4.69, 9.17) is 15.5 Å². The second-order valence-electron chi connectivity index (χ2n) is 8.66. The number of halogens is 1. The van der Waals surface area contributed by atoms with Gasteiger partial charge in [-0.25, -0.2) is 9.37 Å². The molecule has 30 heavy (non-hydrogen) atoms. The zero-order chi connectivity index (χ0) is 21.0. The molecule has 0 saturated carbocycles. The molecule has 5 rings (SSSR count). The first-order chi connectivity index (χ1) is 14.4. The molecular weight excluding hydrogens is 385 g/mol. The van der Waals surface area contributed by atoms with Gasteiger partial charge in [0, 0.05) is 37.2 Å².